The van der Waals surface area contributed by atoms with Crippen molar-refractivity contribution in [1.82, 2.24) is 0 Å². The lowest BCUT2D eigenvalue weighted by Gasteiger charge is -2.07. The fraction of sp³-hybridized carbons (Fsp3) is 0.222. The van der Waals surface area contributed by atoms with E-state index in [4.69, 9.17) is 11.1 Å². The topological polar surface area (TPSA) is 156 Å². The largest absolute Gasteiger partial charge is 0.326 e. The van der Waals surface area contributed by atoms with Gasteiger partial charge in [-0.2, -0.15) is 0 Å². The summed E-state index contributed by atoms with van der Waals surface area (Å²) >= 11 is 0. The number of hydrogen-bond donors (Lipinski definition) is 2. The zero-order valence-electron chi connectivity index (χ0n) is 14.9. The zero-order valence-corrected chi connectivity index (χ0v) is 14.9. The lowest BCUT2D eigenvalue weighted by Crippen LogP contribution is -2.14. The minimum Gasteiger partial charge on any atom is -0.326 e. The molecule has 2 N–H and O–H groups in total. The van der Waals surface area contributed by atoms with E-state index in [-0.39, 0.29) is 24.9 Å². The van der Waals surface area contributed by atoms with Crippen molar-refractivity contribution in [3.8, 4) is 0 Å². The smallest absolute Gasteiger partial charge is 0.230 e. The molecule has 2 aromatic rings. The molecule has 0 radical (unpaired) electrons. The molecule has 2 aromatic carbocycles. The third-order valence-corrected chi connectivity index (χ3v) is 3.73. The summed E-state index contributed by atoms with van der Waals surface area (Å²) in [5.41, 5.74) is 19.9. The molecule has 2 rings (SSSR count). The molecule has 0 bridgehead atoms. The average molecular weight is 378 g/mol. The summed E-state index contributed by atoms with van der Waals surface area (Å²) < 4.78 is 0. The number of carbonyl (C=O) groups excluding carboxylic acids is 2. The number of benzene rings is 2. The summed E-state index contributed by atoms with van der Waals surface area (Å²) in [6, 6.07) is 14.9. The molecule has 0 fully saturated rings. The maximum atomic E-state index is 11.5. The van der Waals surface area contributed by atoms with Gasteiger partial charge in [-0.1, -0.05) is 34.5 Å². The first-order valence-corrected chi connectivity index (χ1v) is 8.40. The van der Waals surface area contributed by atoms with Crippen LogP contribution in [0.25, 0.3) is 20.9 Å². The molecule has 0 aromatic heterocycles. The molecule has 10 nitrogen and oxygen atoms in total. The van der Waals surface area contributed by atoms with Gasteiger partial charge in [0.1, 0.15) is 13.1 Å². The lowest BCUT2D eigenvalue weighted by atomic mass is 10.0. The first kappa shape index (κ1) is 20.3. The molecule has 0 heterocycles. The van der Waals surface area contributed by atoms with Gasteiger partial charge in [0.15, 0.2) is 0 Å². The van der Waals surface area contributed by atoms with Crippen molar-refractivity contribution in [1.29, 1.82) is 0 Å². The number of aryl methyl sites for hydroxylation is 2. The van der Waals surface area contributed by atoms with Gasteiger partial charge in [-0.15, -0.1) is 0 Å². The molecule has 0 spiro atoms. The van der Waals surface area contributed by atoms with Crippen LogP contribution in [0.4, 0.5) is 11.4 Å². The summed E-state index contributed by atoms with van der Waals surface area (Å²) in [6.07, 6.45) is 1.63. The second-order valence-corrected chi connectivity index (χ2v) is 5.77. The highest BCUT2D eigenvalue weighted by Gasteiger charge is 2.03. The van der Waals surface area contributed by atoms with E-state index in [1.165, 1.54) is 0 Å². The number of nitrogens with one attached hydrogen (secondary N) is 2. The first-order valence-electron chi connectivity index (χ1n) is 8.40. The fourth-order valence-corrected chi connectivity index (χ4v) is 2.39. The van der Waals surface area contributed by atoms with Crippen LogP contribution < -0.4 is 10.6 Å². The van der Waals surface area contributed by atoms with Gasteiger partial charge >= 0.3 is 0 Å². The Bertz CT molecular complexity index is 834. The number of carbonyl (C=O) groups is 2. The number of nitrogens with zero attached hydrogens (tertiary/aromatic N) is 6. The molecule has 10 heteroatoms. The van der Waals surface area contributed by atoms with Gasteiger partial charge in [-0.25, -0.2) is 0 Å². The molecule has 28 heavy (non-hydrogen) atoms. The van der Waals surface area contributed by atoms with Gasteiger partial charge in [0.25, 0.3) is 0 Å². The van der Waals surface area contributed by atoms with Crippen LogP contribution in [0.1, 0.15) is 11.1 Å². The summed E-state index contributed by atoms with van der Waals surface area (Å²) in [7, 11) is 0. The van der Waals surface area contributed by atoms with Crippen molar-refractivity contribution >= 4 is 23.2 Å². The molecule has 2 amide bonds. The summed E-state index contributed by atoms with van der Waals surface area (Å²) in [4.78, 5) is 28.1. The number of hydrogen-bond acceptors (Lipinski definition) is 4. The average Bonchev–Trinajstić information content (AvgIpc) is 2.71. The van der Waals surface area contributed by atoms with Crippen LogP contribution in [0.15, 0.2) is 58.8 Å². The van der Waals surface area contributed by atoms with Crippen LogP contribution in [-0.4, -0.2) is 24.9 Å². The molecular formula is C18H18N8O2. The Morgan fingerprint density at radius 3 is 1.39 bits per heavy atom. The van der Waals surface area contributed by atoms with Crippen molar-refractivity contribution < 1.29 is 9.59 Å². The van der Waals surface area contributed by atoms with Gasteiger partial charge in [0, 0.05) is 21.2 Å². The van der Waals surface area contributed by atoms with E-state index in [2.05, 4.69) is 30.7 Å². The molecule has 0 saturated heterocycles. The monoisotopic (exact) mass is 378 g/mol. The van der Waals surface area contributed by atoms with E-state index >= 15 is 0 Å². The molecule has 0 aliphatic heterocycles. The third kappa shape index (κ3) is 7.09. The van der Waals surface area contributed by atoms with Crippen LogP contribution >= 0.6 is 0 Å². The highest BCUT2D eigenvalue weighted by molar-refractivity contribution is 5.92. The Labute approximate surface area is 160 Å². The molecular weight excluding hydrogens is 360 g/mol. The molecule has 0 saturated carbocycles. The second-order valence-electron chi connectivity index (χ2n) is 5.77. The van der Waals surface area contributed by atoms with Gasteiger partial charge < -0.3 is 10.6 Å². The van der Waals surface area contributed by atoms with Crippen LogP contribution in [0.3, 0.4) is 0 Å². The van der Waals surface area contributed by atoms with Gasteiger partial charge in [0.05, 0.1) is 0 Å². The zero-order chi connectivity index (χ0) is 20.2. The van der Waals surface area contributed by atoms with Crippen LogP contribution in [-0.2, 0) is 22.4 Å². The van der Waals surface area contributed by atoms with Gasteiger partial charge in [0.2, 0.25) is 11.8 Å². The summed E-state index contributed by atoms with van der Waals surface area (Å²) in [5.74, 6) is -0.727. The van der Waals surface area contributed by atoms with E-state index in [0.29, 0.717) is 11.4 Å². The molecule has 0 aliphatic carbocycles. The Kier molecular flexibility index (Phi) is 7.89. The summed E-state index contributed by atoms with van der Waals surface area (Å²) in [6.45, 7) is -0.472. The fourth-order valence-electron chi connectivity index (χ4n) is 2.39. The van der Waals surface area contributed by atoms with E-state index in [1.54, 1.807) is 24.3 Å². The minimum atomic E-state index is -0.364. The molecule has 0 unspecified atom stereocenters. The standard InChI is InChI=1S/C18H18N8O2/c19-25-21-11-17(27)23-15-7-3-13(4-8-15)1-2-14-5-9-16(10-6-14)24-18(28)12-22-26-20/h3-10H,1-2,11-12H2,(H,23,27)(H,24,28). The predicted octanol–water partition coefficient (Wildman–Crippen LogP) is 3.97. The van der Waals surface area contributed by atoms with Gasteiger partial charge in [-0.3, -0.25) is 9.59 Å². The SMILES string of the molecule is [N-]=[N+]=NCC(=O)Nc1ccc(CCc2ccc(NC(=O)CN=[N+]=[N-])cc2)cc1. The Morgan fingerprint density at radius 1 is 0.714 bits per heavy atom. The van der Waals surface area contributed by atoms with Crippen LogP contribution in [0, 0.1) is 0 Å². The Morgan fingerprint density at radius 2 is 1.07 bits per heavy atom. The highest BCUT2D eigenvalue weighted by Crippen LogP contribution is 2.14. The second kappa shape index (κ2) is 10.9. The van der Waals surface area contributed by atoms with Crippen LogP contribution in [0.2, 0.25) is 0 Å². The van der Waals surface area contributed by atoms with Crippen LogP contribution in [0.5, 0.6) is 0 Å². The van der Waals surface area contributed by atoms with Crippen molar-refractivity contribution in [3.05, 3.63) is 80.5 Å². The first-order chi connectivity index (χ1) is 13.6. The van der Waals surface area contributed by atoms with E-state index in [0.717, 1.165) is 24.0 Å². The number of anilines is 2. The molecule has 0 aliphatic rings. The summed E-state index contributed by atoms with van der Waals surface area (Å²) in [5, 5.41) is 11.7. The Hall–Kier alpha value is -4.00. The van der Waals surface area contributed by atoms with Crippen molar-refractivity contribution in [2.24, 2.45) is 10.2 Å². The number of azide groups is 2. The number of amides is 2. The normalized spacial score (nSPS) is 9.57. The maximum Gasteiger partial charge on any atom is 0.230 e. The van der Waals surface area contributed by atoms with E-state index in [1.807, 2.05) is 24.3 Å². The third-order valence-electron chi connectivity index (χ3n) is 3.73. The lowest BCUT2D eigenvalue weighted by molar-refractivity contribution is -0.115. The minimum absolute atomic E-state index is 0.236. The van der Waals surface area contributed by atoms with E-state index < -0.39 is 0 Å². The highest BCUT2D eigenvalue weighted by atomic mass is 16.2. The predicted molar refractivity (Wildman–Crippen MR) is 106 cm³/mol. The van der Waals surface area contributed by atoms with Gasteiger partial charge in [-0.05, 0) is 59.3 Å². The van der Waals surface area contributed by atoms with Crippen molar-refractivity contribution in [2.45, 2.75) is 12.8 Å². The van der Waals surface area contributed by atoms with Crippen molar-refractivity contribution in [2.75, 3.05) is 23.7 Å². The quantitative estimate of drug-likeness (QED) is 0.385. The maximum absolute atomic E-state index is 11.5. The molecule has 142 valence electrons. The number of rotatable bonds is 9. The van der Waals surface area contributed by atoms with E-state index in [9.17, 15) is 9.59 Å². The molecule has 0 atom stereocenters. The Balaban J connectivity index is 1.83. The van der Waals surface area contributed by atoms with Crippen molar-refractivity contribution in [3.63, 3.8) is 0 Å².